The lowest BCUT2D eigenvalue weighted by atomic mass is 9.94. The first-order valence-electron chi connectivity index (χ1n) is 10.8. The average molecular weight is 457 g/mol. The number of amides is 2. The Morgan fingerprint density at radius 3 is 2.45 bits per heavy atom. The van der Waals surface area contributed by atoms with E-state index in [1.807, 2.05) is 12.1 Å². The van der Waals surface area contributed by atoms with Gasteiger partial charge in [-0.25, -0.2) is 18.0 Å². The standard InChI is InChI=1S/C16H13F3N2O.C10H14O/c17-11-6-7-13-12(8-11)15(10-4-2-1-3-5-10)21(9-14(18)19)16(22)20-13;1-3-5-9-6-4-7-10(8-9)11-2/h1-8,14-15H,9H2,(H,20,22);4,6-8H,3,5H2,1-2H3. The van der Waals surface area contributed by atoms with Crippen LogP contribution in [0.4, 0.5) is 23.7 Å². The fraction of sp³-hybridized carbons (Fsp3) is 0.269. The summed E-state index contributed by atoms with van der Waals surface area (Å²) in [5.41, 5.74) is 2.91. The summed E-state index contributed by atoms with van der Waals surface area (Å²) in [5, 5.41) is 2.53. The van der Waals surface area contributed by atoms with Gasteiger partial charge in [0.05, 0.1) is 19.7 Å². The minimum atomic E-state index is -2.67. The van der Waals surface area contributed by atoms with Gasteiger partial charge in [0.1, 0.15) is 11.6 Å². The monoisotopic (exact) mass is 456 g/mol. The molecule has 0 aromatic heterocycles. The number of benzene rings is 3. The molecule has 174 valence electrons. The van der Waals surface area contributed by atoms with E-state index in [0.29, 0.717) is 16.8 Å². The van der Waals surface area contributed by atoms with E-state index in [0.717, 1.165) is 17.1 Å². The first-order valence-corrected chi connectivity index (χ1v) is 10.8. The van der Waals surface area contributed by atoms with Crippen LogP contribution in [0.1, 0.15) is 36.1 Å². The Morgan fingerprint density at radius 2 is 1.79 bits per heavy atom. The molecule has 4 nitrogen and oxygen atoms in total. The number of hydrogen-bond acceptors (Lipinski definition) is 2. The number of nitrogens with zero attached hydrogens (tertiary/aromatic N) is 1. The van der Waals surface area contributed by atoms with Crippen molar-refractivity contribution in [2.24, 2.45) is 0 Å². The second-order valence-electron chi connectivity index (χ2n) is 7.62. The predicted molar refractivity (Wildman–Crippen MR) is 123 cm³/mol. The Hall–Kier alpha value is -3.48. The van der Waals surface area contributed by atoms with Crippen molar-refractivity contribution in [2.45, 2.75) is 32.2 Å². The maximum Gasteiger partial charge on any atom is 0.322 e. The summed E-state index contributed by atoms with van der Waals surface area (Å²) >= 11 is 0. The van der Waals surface area contributed by atoms with Gasteiger partial charge in [0.25, 0.3) is 6.43 Å². The number of ether oxygens (including phenoxy) is 1. The van der Waals surface area contributed by atoms with Gasteiger partial charge in [-0.1, -0.05) is 55.8 Å². The zero-order chi connectivity index (χ0) is 23.8. The number of methoxy groups -OCH3 is 1. The molecule has 1 unspecified atom stereocenters. The topological polar surface area (TPSA) is 41.6 Å². The van der Waals surface area contributed by atoms with Gasteiger partial charge < -0.3 is 15.0 Å². The Kier molecular flexibility index (Phi) is 8.35. The largest absolute Gasteiger partial charge is 0.497 e. The van der Waals surface area contributed by atoms with E-state index in [-0.39, 0.29) is 0 Å². The molecule has 1 aliphatic rings. The summed E-state index contributed by atoms with van der Waals surface area (Å²) < 4.78 is 44.4. The van der Waals surface area contributed by atoms with Crippen LogP contribution in [-0.2, 0) is 6.42 Å². The molecule has 1 aliphatic heterocycles. The van der Waals surface area contributed by atoms with Gasteiger partial charge >= 0.3 is 6.03 Å². The maximum absolute atomic E-state index is 13.6. The Morgan fingerprint density at radius 1 is 1.03 bits per heavy atom. The second kappa shape index (κ2) is 11.4. The van der Waals surface area contributed by atoms with Crippen molar-refractivity contribution in [1.29, 1.82) is 0 Å². The van der Waals surface area contributed by atoms with Crippen molar-refractivity contribution >= 4 is 11.7 Å². The number of anilines is 1. The van der Waals surface area contributed by atoms with Crippen molar-refractivity contribution in [3.63, 3.8) is 0 Å². The molecule has 7 heteroatoms. The number of nitrogens with one attached hydrogen (secondary N) is 1. The SMILES string of the molecule is CCCc1cccc(OC)c1.O=C1Nc2ccc(F)cc2C(c2ccccc2)N1CC(F)F. The third kappa shape index (κ3) is 6.28. The van der Waals surface area contributed by atoms with Crippen LogP contribution in [0, 0.1) is 5.82 Å². The van der Waals surface area contributed by atoms with Crippen LogP contribution in [0.5, 0.6) is 5.75 Å². The van der Waals surface area contributed by atoms with Gasteiger partial charge in [0.15, 0.2) is 0 Å². The highest BCUT2D eigenvalue weighted by Gasteiger charge is 2.35. The van der Waals surface area contributed by atoms with Gasteiger partial charge in [0, 0.05) is 11.3 Å². The van der Waals surface area contributed by atoms with Crippen LogP contribution in [0.15, 0.2) is 72.8 Å². The summed E-state index contributed by atoms with van der Waals surface area (Å²) in [6.45, 7) is 1.46. The van der Waals surface area contributed by atoms with E-state index in [9.17, 15) is 18.0 Å². The highest BCUT2D eigenvalue weighted by Crippen LogP contribution is 2.38. The fourth-order valence-electron chi connectivity index (χ4n) is 3.79. The average Bonchev–Trinajstić information content (AvgIpc) is 2.81. The van der Waals surface area contributed by atoms with Crippen molar-refractivity contribution in [3.05, 3.63) is 95.3 Å². The molecule has 0 radical (unpaired) electrons. The van der Waals surface area contributed by atoms with Gasteiger partial charge in [0.2, 0.25) is 0 Å². The fourth-order valence-corrected chi connectivity index (χ4v) is 3.79. The molecule has 0 saturated carbocycles. The number of rotatable bonds is 6. The maximum atomic E-state index is 13.6. The van der Waals surface area contributed by atoms with Gasteiger partial charge in [-0.2, -0.15) is 0 Å². The Balaban J connectivity index is 0.000000235. The first-order chi connectivity index (χ1) is 15.9. The van der Waals surface area contributed by atoms with Crippen molar-refractivity contribution in [2.75, 3.05) is 19.0 Å². The van der Waals surface area contributed by atoms with Crippen LogP contribution in [0.25, 0.3) is 0 Å². The van der Waals surface area contributed by atoms with E-state index in [2.05, 4.69) is 24.4 Å². The van der Waals surface area contributed by atoms with Crippen LogP contribution in [0.3, 0.4) is 0 Å². The number of urea groups is 1. The van der Waals surface area contributed by atoms with Crippen molar-refractivity contribution in [1.82, 2.24) is 4.90 Å². The number of aryl methyl sites for hydroxylation is 1. The molecule has 0 fully saturated rings. The van der Waals surface area contributed by atoms with Gasteiger partial charge in [-0.3, -0.25) is 0 Å². The van der Waals surface area contributed by atoms with E-state index < -0.39 is 30.9 Å². The number of hydrogen-bond donors (Lipinski definition) is 1. The van der Waals surface area contributed by atoms with E-state index in [1.165, 1.54) is 30.2 Å². The molecule has 33 heavy (non-hydrogen) atoms. The van der Waals surface area contributed by atoms with E-state index in [4.69, 9.17) is 4.74 Å². The summed E-state index contributed by atoms with van der Waals surface area (Å²) in [6.07, 6.45) is -0.350. The molecule has 1 atom stereocenters. The second-order valence-corrected chi connectivity index (χ2v) is 7.62. The lowest BCUT2D eigenvalue weighted by Gasteiger charge is -2.37. The molecule has 1 heterocycles. The van der Waals surface area contributed by atoms with Crippen LogP contribution in [-0.4, -0.2) is 31.0 Å². The molecule has 3 aromatic carbocycles. The number of carbonyl (C=O) groups excluding carboxylic acids is 1. The van der Waals surface area contributed by atoms with E-state index >= 15 is 0 Å². The summed E-state index contributed by atoms with van der Waals surface area (Å²) in [4.78, 5) is 13.2. The lowest BCUT2D eigenvalue weighted by Crippen LogP contribution is -2.45. The minimum absolute atomic E-state index is 0.436. The van der Waals surface area contributed by atoms with Gasteiger partial charge in [-0.05, 0) is 47.9 Å². The number of carbonyl (C=O) groups is 1. The molecule has 4 rings (SSSR count). The smallest absolute Gasteiger partial charge is 0.322 e. The quantitative estimate of drug-likeness (QED) is 0.450. The molecule has 0 saturated heterocycles. The van der Waals surface area contributed by atoms with Crippen LogP contribution in [0.2, 0.25) is 0 Å². The third-order valence-electron chi connectivity index (χ3n) is 5.25. The first kappa shape index (κ1) is 24.2. The molecular formula is C26H27F3N2O2. The van der Waals surface area contributed by atoms with Crippen molar-refractivity contribution in [3.8, 4) is 5.75 Å². The summed E-state index contributed by atoms with van der Waals surface area (Å²) in [7, 11) is 1.70. The number of halogens is 3. The van der Waals surface area contributed by atoms with Crippen molar-refractivity contribution < 1.29 is 22.7 Å². The molecule has 2 amide bonds. The number of alkyl halides is 2. The zero-order valence-electron chi connectivity index (χ0n) is 18.6. The van der Waals surface area contributed by atoms with Crippen LogP contribution >= 0.6 is 0 Å². The molecular weight excluding hydrogens is 429 g/mol. The minimum Gasteiger partial charge on any atom is -0.497 e. The van der Waals surface area contributed by atoms with Crippen LogP contribution < -0.4 is 10.1 Å². The zero-order valence-corrected chi connectivity index (χ0v) is 18.6. The molecule has 3 aromatic rings. The highest BCUT2D eigenvalue weighted by molar-refractivity contribution is 5.93. The Bertz CT molecular complexity index is 1060. The van der Waals surface area contributed by atoms with Gasteiger partial charge in [-0.15, -0.1) is 0 Å². The van der Waals surface area contributed by atoms with E-state index in [1.54, 1.807) is 37.4 Å². The molecule has 0 spiro atoms. The summed E-state index contributed by atoms with van der Waals surface area (Å²) in [5.74, 6) is 0.476. The molecule has 0 aliphatic carbocycles. The lowest BCUT2D eigenvalue weighted by molar-refractivity contribution is 0.0903. The number of fused-ring (bicyclic) bond motifs is 1. The predicted octanol–water partition coefficient (Wildman–Crippen LogP) is 6.68. The highest BCUT2D eigenvalue weighted by atomic mass is 19.3. The molecule has 0 bridgehead atoms. The Labute approximate surface area is 192 Å². The molecule has 1 N–H and O–H groups in total. The summed E-state index contributed by atoms with van der Waals surface area (Å²) in [6, 6.07) is 19.6. The normalized spacial score (nSPS) is 14.8. The third-order valence-corrected chi connectivity index (χ3v) is 5.25.